The molecule has 0 aliphatic rings. The van der Waals surface area contributed by atoms with E-state index in [1.165, 1.54) is 0 Å². The van der Waals surface area contributed by atoms with Gasteiger partial charge in [0, 0.05) is 55.6 Å². The molecular weight excluding hydrogens is 829 g/mol. The topological polar surface area (TPSA) is 198 Å². The van der Waals surface area contributed by atoms with E-state index in [0.29, 0.717) is 34.2 Å². The lowest BCUT2D eigenvalue weighted by molar-refractivity contribution is 0.351. The number of aromatic nitrogens is 4. The van der Waals surface area contributed by atoms with Gasteiger partial charge in [-0.25, -0.2) is 15.0 Å². The van der Waals surface area contributed by atoms with Crippen molar-refractivity contribution in [3.8, 4) is 91.2 Å². The number of aromatic hydroxyl groups is 7. The molecule has 4 aromatic heterocycles. The summed E-state index contributed by atoms with van der Waals surface area (Å²) in [7, 11) is 0. The number of thiophene rings is 1. The van der Waals surface area contributed by atoms with Crippen LogP contribution < -0.4 is 0 Å². The van der Waals surface area contributed by atoms with E-state index in [9.17, 15) is 35.7 Å². The van der Waals surface area contributed by atoms with Crippen LogP contribution in [0.4, 0.5) is 0 Å². The predicted molar refractivity (Wildman–Crippen MR) is 248 cm³/mol. The molecule has 0 saturated heterocycles. The summed E-state index contributed by atoms with van der Waals surface area (Å²) in [6.45, 7) is 0. The van der Waals surface area contributed by atoms with Gasteiger partial charge in [0.05, 0.1) is 31.2 Å². The molecule has 0 spiro atoms. The zero-order valence-electron chi connectivity index (χ0n) is 33.0. The standard InChI is InChI=1S/C51H30N4O8S/c56-40-36(47-38(41(57)43(40)59)39-42(58)44(60)45(61)46(62)48(39)64-47)26-18-21-33-31(22-26)28-14-7-8-16-32(28)55(33)27-19-20-29-35(23-27)63-34-17-9-15-30(37(29)34)51-53-49(24-10-3-1-4-11-24)52-50(54-51)25-12-5-2-6-13-25/h1-23,56-62H. The van der Waals surface area contributed by atoms with Gasteiger partial charge in [-0.1, -0.05) is 97.1 Å². The Balaban J connectivity index is 1.03. The van der Waals surface area contributed by atoms with Crippen molar-refractivity contribution in [2.24, 2.45) is 0 Å². The first-order valence-corrected chi connectivity index (χ1v) is 20.8. The average Bonchev–Trinajstić information content (AvgIpc) is 4.02. The summed E-state index contributed by atoms with van der Waals surface area (Å²) in [5.74, 6) is -4.12. The van der Waals surface area contributed by atoms with Gasteiger partial charge in [0.25, 0.3) is 0 Å². The van der Waals surface area contributed by atoms with Crippen molar-refractivity contribution in [3.63, 3.8) is 0 Å². The highest BCUT2D eigenvalue weighted by molar-refractivity contribution is 7.27. The summed E-state index contributed by atoms with van der Waals surface area (Å²) in [5.41, 5.74) is 6.88. The zero-order valence-corrected chi connectivity index (χ0v) is 33.8. The normalized spacial score (nSPS) is 11.9. The Labute approximate surface area is 364 Å². The van der Waals surface area contributed by atoms with Gasteiger partial charge in [-0.3, -0.25) is 0 Å². The van der Waals surface area contributed by atoms with Gasteiger partial charge in [-0.05, 0) is 42.0 Å². The van der Waals surface area contributed by atoms with Crippen molar-refractivity contribution >= 4 is 75.3 Å². The molecule has 0 atom stereocenters. The highest BCUT2D eigenvalue weighted by Gasteiger charge is 2.30. The van der Waals surface area contributed by atoms with Crippen LogP contribution in [-0.2, 0) is 0 Å². The van der Waals surface area contributed by atoms with Crippen LogP contribution in [-0.4, -0.2) is 55.3 Å². The first kappa shape index (κ1) is 37.0. The Morgan fingerprint density at radius 1 is 0.406 bits per heavy atom. The third kappa shape index (κ3) is 5.25. The molecule has 0 amide bonds. The number of phenols is 7. The Kier molecular flexibility index (Phi) is 7.86. The fourth-order valence-corrected chi connectivity index (χ4v) is 10.2. The minimum Gasteiger partial charge on any atom is -0.504 e. The van der Waals surface area contributed by atoms with Gasteiger partial charge in [-0.2, -0.15) is 0 Å². The second-order valence-corrected chi connectivity index (χ2v) is 16.4. The van der Waals surface area contributed by atoms with Crippen LogP contribution >= 0.6 is 11.3 Å². The van der Waals surface area contributed by atoms with Gasteiger partial charge in [0.2, 0.25) is 17.2 Å². The molecule has 0 aliphatic heterocycles. The molecule has 13 heteroatoms. The molecule has 0 saturated carbocycles. The maximum absolute atomic E-state index is 11.4. The molecule has 64 heavy (non-hydrogen) atoms. The lowest BCUT2D eigenvalue weighted by Gasteiger charge is -2.12. The molecule has 12 aromatic rings. The van der Waals surface area contributed by atoms with Gasteiger partial charge in [0.15, 0.2) is 40.5 Å². The van der Waals surface area contributed by atoms with Crippen molar-refractivity contribution in [1.82, 2.24) is 19.5 Å². The van der Waals surface area contributed by atoms with Crippen LogP contribution in [0.2, 0.25) is 0 Å². The summed E-state index contributed by atoms with van der Waals surface area (Å²) in [6.07, 6.45) is 0. The molecule has 0 bridgehead atoms. The van der Waals surface area contributed by atoms with Gasteiger partial charge in [0.1, 0.15) is 11.2 Å². The van der Waals surface area contributed by atoms with Gasteiger partial charge in [-0.15, -0.1) is 11.3 Å². The van der Waals surface area contributed by atoms with Crippen molar-refractivity contribution < 1.29 is 40.2 Å². The summed E-state index contributed by atoms with van der Waals surface area (Å²) in [6, 6.07) is 44.9. The first-order chi connectivity index (χ1) is 31.2. The molecule has 12 nitrogen and oxygen atoms in total. The largest absolute Gasteiger partial charge is 0.504 e. The minimum atomic E-state index is -0.994. The zero-order chi connectivity index (χ0) is 43.5. The number of hydrogen-bond acceptors (Lipinski definition) is 12. The molecule has 0 fully saturated rings. The van der Waals surface area contributed by atoms with Crippen molar-refractivity contribution in [3.05, 3.63) is 140 Å². The number of benzene rings is 8. The Morgan fingerprint density at radius 3 is 1.73 bits per heavy atom. The summed E-state index contributed by atoms with van der Waals surface area (Å²) in [4.78, 5) is 14.9. The Morgan fingerprint density at radius 2 is 1.02 bits per heavy atom. The molecule has 12 rings (SSSR count). The van der Waals surface area contributed by atoms with E-state index in [1.807, 2.05) is 133 Å². The maximum Gasteiger partial charge on any atom is 0.205 e. The second kappa shape index (κ2) is 13.6. The number of nitrogens with zero attached hydrogens (tertiary/aromatic N) is 4. The van der Waals surface area contributed by atoms with E-state index < -0.39 is 40.2 Å². The van der Waals surface area contributed by atoms with Crippen LogP contribution in [0.25, 0.3) is 115 Å². The third-order valence-electron chi connectivity index (χ3n) is 11.8. The number of phenolic OH excluding ortho intramolecular Hbond substituents is 7. The van der Waals surface area contributed by atoms with Gasteiger partial charge < -0.3 is 44.7 Å². The molecule has 8 aromatic carbocycles. The number of hydrogen-bond donors (Lipinski definition) is 7. The Bertz CT molecular complexity index is 3880. The van der Waals surface area contributed by atoms with Crippen molar-refractivity contribution in [1.29, 1.82) is 0 Å². The number of furan rings is 1. The summed E-state index contributed by atoms with van der Waals surface area (Å²) < 4.78 is 8.81. The fourth-order valence-electron chi connectivity index (χ4n) is 8.88. The second-order valence-electron chi connectivity index (χ2n) is 15.4. The van der Waals surface area contributed by atoms with E-state index in [1.54, 1.807) is 6.07 Å². The SMILES string of the molecule is Oc1c(O)c(O)c2c(sc3c(-c4ccc5c(c4)c4ccccc4n5-c4ccc5c(c4)oc4cccc(-c6nc(-c7ccccc7)nc(-c7ccccc7)n6)c45)c(O)c(O)c(O)c32)c1O. The molecule has 0 aliphatic carbocycles. The average molecular weight is 859 g/mol. The Hall–Kier alpha value is -8.81. The highest BCUT2D eigenvalue weighted by atomic mass is 32.1. The van der Waals surface area contributed by atoms with Crippen LogP contribution in [0, 0.1) is 0 Å². The molecular formula is C51H30N4O8S. The number of fused-ring (bicyclic) bond motifs is 9. The molecule has 0 unspecified atom stereocenters. The lowest BCUT2D eigenvalue weighted by atomic mass is 9.98. The van der Waals surface area contributed by atoms with Crippen LogP contribution in [0.5, 0.6) is 40.2 Å². The van der Waals surface area contributed by atoms with Crippen LogP contribution in [0.1, 0.15) is 0 Å². The maximum atomic E-state index is 11.4. The third-order valence-corrected chi connectivity index (χ3v) is 13.0. The molecule has 0 radical (unpaired) electrons. The quantitative estimate of drug-likeness (QED) is 0.0642. The first-order valence-electron chi connectivity index (χ1n) is 20.0. The van der Waals surface area contributed by atoms with Crippen LogP contribution in [0.3, 0.4) is 0 Å². The molecule has 7 N–H and O–H groups in total. The lowest BCUT2D eigenvalue weighted by Crippen LogP contribution is -2.00. The van der Waals surface area contributed by atoms with E-state index in [-0.39, 0.29) is 25.7 Å². The fraction of sp³-hybridized carbons (Fsp3) is 0. The molecule has 308 valence electrons. The molecule has 4 heterocycles. The highest BCUT2D eigenvalue weighted by Crippen LogP contribution is 2.60. The van der Waals surface area contributed by atoms with E-state index >= 15 is 0 Å². The minimum absolute atomic E-state index is 0.0719. The summed E-state index contributed by atoms with van der Waals surface area (Å²) >= 11 is 0.857. The van der Waals surface area contributed by atoms with Crippen molar-refractivity contribution in [2.75, 3.05) is 0 Å². The predicted octanol–water partition coefficient (Wildman–Crippen LogP) is 11.8. The van der Waals surface area contributed by atoms with E-state index in [4.69, 9.17) is 19.4 Å². The van der Waals surface area contributed by atoms with Crippen LogP contribution in [0.15, 0.2) is 144 Å². The smallest absolute Gasteiger partial charge is 0.205 e. The van der Waals surface area contributed by atoms with E-state index in [2.05, 4.69) is 4.57 Å². The monoisotopic (exact) mass is 858 g/mol. The van der Waals surface area contributed by atoms with Gasteiger partial charge >= 0.3 is 0 Å². The number of para-hydroxylation sites is 1. The number of rotatable bonds is 5. The summed E-state index contributed by atoms with van der Waals surface area (Å²) in [5, 5.41) is 78.8. The van der Waals surface area contributed by atoms with Crippen molar-refractivity contribution in [2.45, 2.75) is 0 Å². The van der Waals surface area contributed by atoms with E-state index in [0.717, 1.165) is 66.3 Å².